The van der Waals surface area contributed by atoms with Crippen molar-refractivity contribution >= 4 is 64.1 Å². The van der Waals surface area contributed by atoms with Crippen LogP contribution in [0, 0.1) is 0 Å². The van der Waals surface area contributed by atoms with E-state index in [1.54, 1.807) is 0 Å². The first-order valence-corrected chi connectivity index (χ1v) is 8.24. The molecule has 0 aliphatic heterocycles. The van der Waals surface area contributed by atoms with Gasteiger partial charge in [0, 0.05) is 19.2 Å². The maximum atomic E-state index is 2.34. The third-order valence-corrected chi connectivity index (χ3v) is 7.16. The summed E-state index contributed by atoms with van der Waals surface area (Å²) < 4.78 is 5.81. The third kappa shape index (κ3) is 1.24. The largest absolute Gasteiger partial charge is 0.143 e. The Balaban J connectivity index is 2.05. The van der Waals surface area contributed by atoms with Crippen molar-refractivity contribution in [3.05, 3.63) is 35.0 Å². The van der Waals surface area contributed by atoms with Crippen LogP contribution in [0.3, 0.4) is 0 Å². The molecule has 0 bridgehead atoms. The molecule has 4 aromatic rings. The molecule has 0 saturated heterocycles. The molecule has 4 rings (SSSR count). The van der Waals surface area contributed by atoms with E-state index in [1.165, 1.54) is 28.6 Å². The highest BCUT2D eigenvalue weighted by atomic mass is 32.1. The molecule has 16 heavy (non-hydrogen) atoms. The van der Waals surface area contributed by atoms with Gasteiger partial charge in [0.25, 0.3) is 0 Å². The molecule has 0 saturated carbocycles. The van der Waals surface area contributed by atoms with Crippen LogP contribution < -0.4 is 0 Å². The Morgan fingerprint density at radius 1 is 0.750 bits per heavy atom. The number of rotatable bonds is 1. The lowest BCUT2D eigenvalue weighted by atomic mass is 10.4. The minimum Gasteiger partial charge on any atom is -0.143 e. The highest BCUT2D eigenvalue weighted by Gasteiger charge is 2.11. The molecule has 0 fully saturated rings. The standard InChI is InChI=1S/C12H6S4/c1-2-7(13-4-1)9-6-10-12(16-9)11-8(15-10)3-5-14-11/h1-6H. The van der Waals surface area contributed by atoms with Crippen LogP contribution in [0.15, 0.2) is 35.0 Å². The first-order valence-electron chi connectivity index (χ1n) is 4.85. The molecule has 0 N–H and O–H groups in total. The van der Waals surface area contributed by atoms with E-state index >= 15 is 0 Å². The number of hydrogen-bond acceptors (Lipinski definition) is 4. The van der Waals surface area contributed by atoms with Crippen LogP contribution >= 0.6 is 45.3 Å². The van der Waals surface area contributed by atoms with Crippen molar-refractivity contribution in [2.45, 2.75) is 0 Å². The summed E-state index contributed by atoms with van der Waals surface area (Å²) >= 11 is 7.52. The molecule has 4 heteroatoms. The Bertz CT molecular complexity index is 751. The summed E-state index contributed by atoms with van der Waals surface area (Å²) in [4.78, 5) is 2.80. The molecular weight excluding hydrogens is 272 g/mol. The molecule has 4 heterocycles. The minimum atomic E-state index is 1.39. The predicted molar refractivity (Wildman–Crippen MR) is 78.4 cm³/mol. The van der Waals surface area contributed by atoms with Crippen molar-refractivity contribution in [2.75, 3.05) is 0 Å². The fourth-order valence-corrected chi connectivity index (χ4v) is 6.40. The van der Waals surface area contributed by atoms with Gasteiger partial charge < -0.3 is 0 Å². The van der Waals surface area contributed by atoms with Gasteiger partial charge in [-0.05, 0) is 29.0 Å². The zero-order chi connectivity index (χ0) is 10.5. The molecule has 0 amide bonds. The van der Waals surface area contributed by atoms with Gasteiger partial charge in [0.2, 0.25) is 0 Å². The number of fused-ring (bicyclic) bond motifs is 3. The molecule has 4 aromatic heterocycles. The second-order valence-electron chi connectivity index (χ2n) is 3.50. The SMILES string of the molecule is c1csc(-c2cc3sc4ccsc4c3s2)c1. The van der Waals surface area contributed by atoms with Gasteiger partial charge in [0.05, 0.1) is 9.40 Å². The molecule has 0 aliphatic rings. The van der Waals surface area contributed by atoms with Crippen molar-refractivity contribution in [1.29, 1.82) is 0 Å². The van der Waals surface area contributed by atoms with E-state index in [2.05, 4.69) is 35.0 Å². The Kier molecular flexibility index (Phi) is 1.99. The summed E-state index contributed by atoms with van der Waals surface area (Å²) in [6.45, 7) is 0. The molecule has 0 aromatic carbocycles. The monoisotopic (exact) mass is 278 g/mol. The summed E-state index contributed by atoms with van der Waals surface area (Å²) in [7, 11) is 0. The zero-order valence-electron chi connectivity index (χ0n) is 8.10. The topological polar surface area (TPSA) is 0 Å². The van der Waals surface area contributed by atoms with Crippen LogP contribution in [-0.4, -0.2) is 0 Å². The zero-order valence-corrected chi connectivity index (χ0v) is 11.4. The van der Waals surface area contributed by atoms with Crippen LogP contribution in [-0.2, 0) is 0 Å². The number of thiophene rings is 4. The second kappa shape index (κ2) is 3.40. The normalized spacial score (nSPS) is 11.8. The van der Waals surface area contributed by atoms with E-state index in [0.717, 1.165) is 0 Å². The smallest absolute Gasteiger partial charge is 0.0636 e. The van der Waals surface area contributed by atoms with Crippen LogP contribution in [0.4, 0.5) is 0 Å². The molecule has 0 spiro atoms. The highest BCUT2D eigenvalue weighted by molar-refractivity contribution is 7.39. The van der Waals surface area contributed by atoms with Crippen LogP contribution in [0.5, 0.6) is 0 Å². The van der Waals surface area contributed by atoms with Gasteiger partial charge in [0.1, 0.15) is 0 Å². The average molecular weight is 278 g/mol. The van der Waals surface area contributed by atoms with E-state index < -0.39 is 0 Å². The lowest BCUT2D eigenvalue weighted by Gasteiger charge is -1.86. The van der Waals surface area contributed by atoms with Crippen molar-refractivity contribution < 1.29 is 0 Å². The highest BCUT2D eigenvalue weighted by Crippen LogP contribution is 2.45. The Labute approximate surface area is 108 Å². The molecular formula is C12H6S4. The van der Waals surface area contributed by atoms with Crippen LogP contribution in [0.25, 0.3) is 28.6 Å². The maximum absolute atomic E-state index is 2.34. The molecule has 0 radical (unpaired) electrons. The predicted octanol–water partition coefficient (Wildman–Crippen LogP) is 5.91. The Hall–Kier alpha value is -0.680. The summed E-state index contributed by atoms with van der Waals surface area (Å²) in [6, 6.07) is 8.88. The van der Waals surface area contributed by atoms with Crippen molar-refractivity contribution in [3.8, 4) is 9.75 Å². The van der Waals surface area contributed by atoms with Crippen molar-refractivity contribution in [2.24, 2.45) is 0 Å². The minimum absolute atomic E-state index is 1.39. The van der Waals surface area contributed by atoms with Gasteiger partial charge in [0.15, 0.2) is 0 Å². The summed E-state index contributed by atoms with van der Waals surface area (Å²) in [5, 5.41) is 4.33. The first-order chi connectivity index (χ1) is 7.92. The molecule has 78 valence electrons. The van der Waals surface area contributed by atoms with Crippen molar-refractivity contribution in [1.82, 2.24) is 0 Å². The summed E-state index contributed by atoms with van der Waals surface area (Å²) in [5.41, 5.74) is 0. The molecule has 0 atom stereocenters. The van der Waals surface area contributed by atoms with Gasteiger partial charge in [-0.2, -0.15) is 0 Å². The molecule has 0 unspecified atom stereocenters. The first kappa shape index (κ1) is 9.36. The second-order valence-corrected chi connectivity index (χ2v) is 7.50. The Morgan fingerprint density at radius 3 is 2.62 bits per heavy atom. The third-order valence-electron chi connectivity index (χ3n) is 2.52. The fourth-order valence-electron chi connectivity index (χ4n) is 1.81. The molecule has 0 aliphatic carbocycles. The van der Waals surface area contributed by atoms with E-state index in [1.807, 2.05) is 45.3 Å². The Morgan fingerprint density at radius 2 is 1.75 bits per heavy atom. The van der Waals surface area contributed by atoms with Gasteiger partial charge in [-0.25, -0.2) is 0 Å². The van der Waals surface area contributed by atoms with Gasteiger partial charge in [-0.1, -0.05) is 6.07 Å². The van der Waals surface area contributed by atoms with Crippen LogP contribution in [0.1, 0.15) is 0 Å². The van der Waals surface area contributed by atoms with Gasteiger partial charge in [-0.3, -0.25) is 0 Å². The lowest BCUT2D eigenvalue weighted by molar-refractivity contribution is 1.97. The summed E-state index contributed by atoms with van der Waals surface area (Å²) in [6.07, 6.45) is 0. The van der Waals surface area contributed by atoms with Crippen LogP contribution in [0.2, 0.25) is 0 Å². The molecule has 0 nitrogen and oxygen atoms in total. The summed E-state index contributed by atoms with van der Waals surface area (Å²) in [5.74, 6) is 0. The lowest BCUT2D eigenvalue weighted by Crippen LogP contribution is -1.56. The average Bonchev–Trinajstić information content (AvgIpc) is 2.98. The fraction of sp³-hybridized carbons (Fsp3) is 0. The quantitative estimate of drug-likeness (QED) is 0.406. The maximum Gasteiger partial charge on any atom is 0.0636 e. The van der Waals surface area contributed by atoms with Gasteiger partial charge >= 0.3 is 0 Å². The van der Waals surface area contributed by atoms with E-state index in [-0.39, 0.29) is 0 Å². The van der Waals surface area contributed by atoms with Crippen molar-refractivity contribution in [3.63, 3.8) is 0 Å². The van der Waals surface area contributed by atoms with E-state index in [4.69, 9.17) is 0 Å². The van der Waals surface area contributed by atoms with E-state index in [0.29, 0.717) is 0 Å². The van der Waals surface area contributed by atoms with Gasteiger partial charge in [-0.15, -0.1) is 45.3 Å². The van der Waals surface area contributed by atoms with E-state index in [9.17, 15) is 0 Å². The number of hydrogen-bond donors (Lipinski definition) is 0.